The van der Waals surface area contributed by atoms with Crippen LogP contribution >= 0.6 is 0 Å². The van der Waals surface area contributed by atoms with Gasteiger partial charge in [-0.05, 0) is 20.0 Å². The zero-order chi connectivity index (χ0) is 10.4. The molecule has 0 heterocycles. The highest BCUT2D eigenvalue weighted by molar-refractivity contribution is 5.37. The van der Waals surface area contributed by atoms with Crippen molar-refractivity contribution in [2.45, 2.75) is 13.0 Å². The molecular weight excluding hydrogens is 174 g/mol. The predicted octanol–water partition coefficient (Wildman–Crippen LogP) is 2.53. The van der Waals surface area contributed by atoms with Crippen molar-refractivity contribution in [3.8, 4) is 5.75 Å². The van der Waals surface area contributed by atoms with E-state index in [-0.39, 0.29) is 6.04 Å². The van der Waals surface area contributed by atoms with Gasteiger partial charge in [-0.1, -0.05) is 24.3 Å². The van der Waals surface area contributed by atoms with Gasteiger partial charge in [0.15, 0.2) is 0 Å². The van der Waals surface area contributed by atoms with Crippen LogP contribution in [0, 0.1) is 0 Å². The van der Waals surface area contributed by atoms with E-state index in [1.165, 1.54) is 0 Å². The first-order valence-corrected chi connectivity index (χ1v) is 4.85. The normalized spacial score (nSPS) is 12.1. The average Bonchev–Trinajstić information content (AvgIpc) is 2.23. The lowest BCUT2D eigenvalue weighted by atomic mass is 10.1. The molecule has 0 aliphatic carbocycles. The summed E-state index contributed by atoms with van der Waals surface area (Å²) in [7, 11) is 1.91. The monoisotopic (exact) mass is 191 g/mol. The number of likely N-dealkylation sites (N-methyl/N-ethyl adjacent to an activating group) is 1. The molecule has 0 saturated carbocycles. The van der Waals surface area contributed by atoms with Gasteiger partial charge in [-0.3, -0.25) is 0 Å². The number of para-hydroxylation sites is 1. The summed E-state index contributed by atoms with van der Waals surface area (Å²) in [5.41, 5.74) is 1.13. The first kappa shape index (κ1) is 10.8. The molecule has 1 aromatic carbocycles. The van der Waals surface area contributed by atoms with Gasteiger partial charge in [0.25, 0.3) is 0 Å². The van der Waals surface area contributed by atoms with E-state index in [9.17, 15) is 0 Å². The first-order chi connectivity index (χ1) is 6.83. The molecule has 1 unspecified atom stereocenters. The Morgan fingerprint density at radius 2 is 2.21 bits per heavy atom. The Hall–Kier alpha value is -1.28. The molecular formula is C12H17NO. The number of hydrogen-bond donors (Lipinski definition) is 1. The molecule has 0 bridgehead atoms. The standard InChI is InChI=1S/C12H17NO/c1-4-11(13-3)10-8-6-7-9-12(10)14-5-2/h4,6-9,11,13H,1,5H2,2-3H3. The third-order valence-electron chi connectivity index (χ3n) is 2.10. The van der Waals surface area contributed by atoms with Crippen LogP contribution in [0.25, 0.3) is 0 Å². The summed E-state index contributed by atoms with van der Waals surface area (Å²) >= 11 is 0. The van der Waals surface area contributed by atoms with Crippen molar-refractivity contribution in [2.75, 3.05) is 13.7 Å². The second kappa shape index (κ2) is 5.45. The van der Waals surface area contributed by atoms with E-state index < -0.39 is 0 Å². The van der Waals surface area contributed by atoms with Gasteiger partial charge in [0.1, 0.15) is 5.75 Å². The molecule has 0 aliphatic rings. The Bertz CT molecular complexity index is 296. The summed E-state index contributed by atoms with van der Waals surface area (Å²) in [6, 6.07) is 8.16. The lowest BCUT2D eigenvalue weighted by Gasteiger charge is -2.16. The molecule has 0 saturated heterocycles. The highest BCUT2D eigenvalue weighted by atomic mass is 16.5. The molecule has 2 heteroatoms. The Labute approximate surface area is 85.6 Å². The lowest BCUT2D eigenvalue weighted by molar-refractivity contribution is 0.334. The SMILES string of the molecule is C=CC(NC)c1ccccc1OCC. The van der Waals surface area contributed by atoms with Crippen molar-refractivity contribution in [3.05, 3.63) is 42.5 Å². The maximum absolute atomic E-state index is 5.53. The molecule has 2 nitrogen and oxygen atoms in total. The number of ether oxygens (including phenoxy) is 1. The molecule has 0 spiro atoms. The lowest BCUT2D eigenvalue weighted by Crippen LogP contribution is -2.14. The molecule has 0 amide bonds. The fraction of sp³-hybridized carbons (Fsp3) is 0.333. The van der Waals surface area contributed by atoms with Crippen LogP contribution in [-0.4, -0.2) is 13.7 Å². The van der Waals surface area contributed by atoms with E-state index in [1.807, 2.05) is 44.3 Å². The van der Waals surface area contributed by atoms with E-state index in [4.69, 9.17) is 4.74 Å². The summed E-state index contributed by atoms with van der Waals surface area (Å²) < 4.78 is 5.53. The highest BCUT2D eigenvalue weighted by Gasteiger charge is 2.09. The van der Waals surface area contributed by atoms with E-state index in [1.54, 1.807) is 0 Å². The smallest absolute Gasteiger partial charge is 0.124 e. The molecule has 1 N–H and O–H groups in total. The quantitative estimate of drug-likeness (QED) is 0.722. The summed E-state index contributed by atoms with van der Waals surface area (Å²) in [4.78, 5) is 0. The van der Waals surface area contributed by atoms with E-state index in [2.05, 4.69) is 11.9 Å². The minimum atomic E-state index is 0.151. The van der Waals surface area contributed by atoms with Gasteiger partial charge in [-0.25, -0.2) is 0 Å². The number of benzene rings is 1. The van der Waals surface area contributed by atoms with E-state index >= 15 is 0 Å². The van der Waals surface area contributed by atoms with Crippen LogP contribution < -0.4 is 10.1 Å². The minimum Gasteiger partial charge on any atom is -0.494 e. The van der Waals surface area contributed by atoms with Crippen LogP contribution in [0.3, 0.4) is 0 Å². The number of nitrogens with one attached hydrogen (secondary N) is 1. The molecule has 0 aliphatic heterocycles. The second-order valence-electron chi connectivity index (χ2n) is 2.97. The van der Waals surface area contributed by atoms with E-state index in [0.717, 1.165) is 11.3 Å². The Morgan fingerprint density at radius 3 is 2.79 bits per heavy atom. The highest BCUT2D eigenvalue weighted by Crippen LogP contribution is 2.25. The third kappa shape index (κ3) is 2.36. The van der Waals surface area contributed by atoms with Crippen molar-refractivity contribution in [3.63, 3.8) is 0 Å². The molecule has 1 rings (SSSR count). The fourth-order valence-corrected chi connectivity index (χ4v) is 1.42. The van der Waals surface area contributed by atoms with Gasteiger partial charge in [-0.2, -0.15) is 0 Å². The fourth-order valence-electron chi connectivity index (χ4n) is 1.42. The van der Waals surface area contributed by atoms with Crippen LogP contribution in [0.2, 0.25) is 0 Å². The molecule has 0 aromatic heterocycles. The Kier molecular flexibility index (Phi) is 4.20. The van der Waals surface area contributed by atoms with Crippen LogP contribution in [0.1, 0.15) is 18.5 Å². The summed E-state index contributed by atoms with van der Waals surface area (Å²) in [6.07, 6.45) is 1.87. The summed E-state index contributed by atoms with van der Waals surface area (Å²) in [5.74, 6) is 0.925. The predicted molar refractivity (Wildman–Crippen MR) is 59.6 cm³/mol. The number of hydrogen-bond acceptors (Lipinski definition) is 2. The van der Waals surface area contributed by atoms with Crippen molar-refractivity contribution >= 4 is 0 Å². The van der Waals surface area contributed by atoms with Crippen LogP contribution in [0.5, 0.6) is 5.75 Å². The van der Waals surface area contributed by atoms with Crippen LogP contribution in [0.15, 0.2) is 36.9 Å². The van der Waals surface area contributed by atoms with Gasteiger partial charge < -0.3 is 10.1 Å². The Morgan fingerprint density at radius 1 is 1.50 bits per heavy atom. The van der Waals surface area contributed by atoms with Gasteiger partial charge in [0.05, 0.1) is 12.6 Å². The van der Waals surface area contributed by atoms with Gasteiger partial charge in [0.2, 0.25) is 0 Å². The minimum absolute atomic E-state index is 0.151. The third-order valence-corrected chi connectivity index (χ3v) is 2.10. The molecule has 0 radical (unpaired) electrons. The second-order valence-corrected chi connectivity index (χ2v) is 2.97. The van der Waals surface area contributed by atoms with Gasteiger partial charge in [-0.15, -0.1) is 6.58 Å². The van der Waals surface area contributed by atoms with Crippen molar-refractivity contribution in [1.29, 1.82) is 0 Å². The van der Waals surface area contributed by atoms with Crippen LogP contribution in [0.4, 0.5) is 0 Å². The molecule has 14 heavy (non-hydrogen) atoms. The first-order valence-electron chi connectivity index (χ1n) is 4.85. The topological polar surface area (TPSA) is 21.3 Å². The van der Waals surface area contributed by atoms with Gasteiger partial charge in [0, 0.05) is 5.56 Å². The molecule has 76 valence electrons. The Balaban J connectivity index is 2.98. The van der Waals surface area contributed by atoms with Crippen LogP contribution in [-0.2, 0) is 0 Å². The maximum atomic E-state index is 5.53. The molecule has 0 fully saturated rings. The molecule has 1 atom stereocenters. The summed E-state index contributed by atoms with van der Waals surface area (Å²) in [5, 5.41) is 3.17. The van der Waals surface area contributed by atoms with Crippen molar-refractivity contribution < 1.29 is 4.74 Å². The maximum Gasteiger partial charge on any atom is 0.124 e. The largest absolute Gasteiger partial charge is 0.494 e. The zero-order valence-corrected chi connectivity index (χ0v) is 8.79. The van der Waals surface area contributed by atoms with Crippen molar-refractivity contribution in [2.24, 2.45) is 0 Å². The zero-order valence-electron chi connectivity index (χ0n) is 8.79. The van der Waals surface area contributed by atoms with Gasteiger partial charge >= 0.3 is 0 Å². The van der Waals surface area contributed by atoms with E-state index in [0.29, 0.717) is 6.61 Å². The number of rotatable bonds is 5. The summed E-state index contributed by atoms with van der Waals surface area (Å²) in [6.45, 7) is 6.46. The molecule has 1 aromatic rings. The van der Waals surface area contributed by atoms with Crippen molar-refractivity contribution in [1.82, 2.24) is 5.32 Å². The average molecular weight is 191 g/mol.